The smallest absolute Gasteiger partial charge is 0.309 e. The van der Waals surface area contributed by atoms with Gasteiger partial charge in [0, 0.05) is 38.1 Å². The van der Waals surface area contributed by atoms with Crippen LogP contribution in [0.15, 0.2) is 42.5 Å². The van der Waals surface area contributed by atoms with E-state index in [1.54, 1.807) is 0 Å². The number of nitrogens with zero attached hydrogens (tertiary/aromatic N) is 2. The molecule has 1 aliphatic heterocycles. The van der Waals surface area contributed by atoms with Gasteiger partial charge in [-0.15, -0.1) is 6.58 Å². The van der Waals surface area contributed by atoms with E-state index >= 15 is 4.79 Å². The third-order valence-electron chi connectivity index (χ3n) is 22.5. The van der Waals surface area contributed by atoms with Gasteiger partial charge in [-0.05, 0) is 165 Å². The van der Waals surface area contributed by atoms with Gasteiger partial charge in [-0.3, -0.25) is 19.2 Å². The van der Waals surface area contributed by atoms with Crippen molar-refractivity contribution in [2.45, 2.75) is 171 Å². The summed E-state index contributed by atoms with van der Waals surface area (Å²) in [6.07, 6.45) is 12.8. The first-order chi connectivity index (χ1) is 31.6. The summed E-state index contributed by atoms with van der Waals surface area (Å²) in [5.74, 6) is 2.11. The number of hydrogen-bond donors (Lipinski definition) is 1. The number of likely N-dealkylation sites (N-methyl/N-ethyl adjacent to an activating group) is 1. The van der Waals surface area contributed by atoms with Crippen LogP contribution in [0.3, 0.4) is 0 Å². The maximum atomic E-state index is 15.2. The number of fused-ring (bicyclic) bond motifs is 7. The Balaban J connectivity index is 0.862. The van der Waals surface area contributed by atoms with E-state index in [1.807, 2.05) is 44.2 Å². The zero-order valence-corrected chi connectivity index (χ0v) is 43.2. The van der Waals surface area contributed by atoms with Crippen molar-refractivity contribution in [3.63, 3.8) is 0 Å². The first-order valence-electron chi connectivity index (χ1n) is 27.0. The van der Waals surface area contributed by atoms with Crippen LogP contribution in [0.25, 0.3) is 0 Å². The number of carbonyl (C=O) groups excluding carboxylic acids is 4. The quantitative estimate of drug-likeness (QED) is 0.174. The van der Waals surface area contributed by atoms with Gasteiger partial charge in [0.1, 0.15) is 12.7 Å². The summed E-state index contributed by atoms with van der Waals surface area (Å²) in [5.41, 5.74) is 1.45. The largest absolute Gasteiger partial charge is 0.462 e. The van der Waals surface area contributed by atoms with Gasteiger partial charge < -0.3 is 24.6 Å². The first-order valence-corrected chi connectivity index (χ1v) is 27.0. The van der Waals surface area contributed by atoms with Gasteiger partial charge in [0.25, 0.3) is 0 Å². The average molecular weight is 922 g/mol. The summed E-state index contributed by atoms with van der Waals surface area (Å²) in [7, 11) is 0. The van der Waals surface area contributed by atoms with E-state index in [-0.39, 0.29) is 93.3 Å². The Bertz CT molecular complexity index is 2080. The third-order valence-corrected chi connectivity index (χ3v) is 22.5. The molecule has 2 amide bonds. The van der Waals surface area contributed by atoms with Crippen molar-refractivity contribution in [1.82, 2.24) is 15.1 Å². The number of amides is 2. The highest BCUT2D eigenvalue weighted by Crippen LogP contribution is 2.77. The van der Waals surface area contributed by atoms with Gasteiger partial charge in [0.05, 0.1) is 17.3 Å². The highest BCUT2D eigenvalue weighted by molar-refractivity contribution is 5.86. The lowest BCUT2D eigenvalue weighted by molar-refractivity contribution is -0.238. The summed E-state index contributed by atoms with van der Waals surface area (Å²) in [4.78, 5) is 60.8. The molecule has 0 spiro atoms. The van der Waals surface area contributed by atoms with Crippen LogP contribution >= 0.6 is 0 Å². The predicted molar refractivity (Wildman–Crippen MR) is 263 cm³/mol. The van der Waals surface area contributed by atoms with Crippen LogP contribution in [0, 0.1) is 85.8 Å². The predicted octanol–water partition coefficient (Wildman–Crippen LogP) is 10.7. The maximum absolute atomic E-state index is 15.2. The van der Waals surface area contributed by atoms with Gasteiger partial charge in [0.15, 0.2) is 0 Å². The van der Waals surface area contributed by atoms with Crippen LogP contribution < -0.4 is 5.32 Å². The first kappa shape index (κ1) is 48.8. The average Bonchev–Trinajstić information content (AvgIpc) is 3.66. The summed E-state index contributed by atoms with van der Waals surface area (Å²) >= 11 is 0. The summed E-state index contributed by atoms with van der Waals surface area (Å²) in [5, 5.41) is 3.70. The number of piperazine rings is 1. The van der Waals surface area contributed by atoms with Crippen molar-refractivity contribution in [2.24, 2.45) is 85.8 Å². The third kappa shape index (κ3) is 7.77. The topological polar surface area (TPSA) is 105 Å². The minimum absolute atomic E-state index is 0.0142. The fourth-order valence-electron chi connectivity index (χ4n) is 17.7. The monoisotopic (exact) mass is 922 g/mol. The zero-order valence-electron chi connectivity index (χ0n) is 43.2. The molecule has 0 radical (unpaired) electrons. The minimum atomic E-state index is -0.513. The molecule has 8 fully saturated rings. The van der Waals surface area contributed by atoms with Gasteiger partial charge in [-0.2, -0.15) is 0 Å². The van der Waals surface area contributed by atoms with Crippen LogP contribution in [0.4, 0.5) is 0 Å². The molecule has 7 saturated carbocycles. The number of rotatable bonds is 11. The normalized spacial score (nSPS) is 42.8. The van der Waals surface area contributed by atoms with Gasteiger partial charge in [-0.1, -0.05) is 98.2 Å². The van der Waals surface area contributed by atoms with Gasteiger partial charge in [0.2, 0.25) is 11.8 Å². The van der Waals surface area contributed by atoms with Crippen LogP contribution in [0.2, 0.25) is 0 Å². The standard InChI is InChI=1S/C58H87N3O6/c1-12-60-28-30-61(31-29-60)49(62)42-34-47(54(42,7)8)59-52(65)58-25-20-39(32-36(2)3)48(58)41-18-19-46-55(9)23-22-45(37(4)40(55)21-24-57(46,11)56(41,10)26-27-58)67-51(64)44-33-43(53(44,5)6)50(63)66-35-38-16-14-13-15-17-38/h13-17,37,39-48H,2,12,18-35H2,1,3-11H3,(H,59,65)/t37-,39?,40+,41-,42+,43+,44-,45+,46-,47+,48?,55+,56-,57-,58+/m1/s1. The summed E-state index contributed by atoms with van der Waals surface area (Å²) in [6, 6.07) is 9.77. The number of carbonyl (C=O) groups is 4. The molecule has 1 N–H and O–H groups in total. The molecule has 8 aliphatic rings. The number of allylic oxidation sites excluding steroid dienone is 1. The molecule has 15 atom stereocenters. The molecule has 370 valence electrons. The van der Waals surface area contributed by atoms with Crippen molar-refractivity contribution < 1.29 is 28.7 Å². The van der Waals surface area contributed by atoms with E-state index in [4.69, 9.17) is 9.47 Å². The molecule has 1 aromatic rings. The van der Waals surface area contributed by atoms with Crippen LogP contribution in [-0.2, 0) is 35.3 Å². The fraction of sp³-hybridized carbons (Fsp3) is 0.793. The van der Waals surface area contributed by atoms with E-state index in [0.717, 1.165) is 96.1 Å². The molecule has 0 aromatic heterocycles. The molecule has 9 heteroatoms. The fourth-order valence-corrected chi connectivity index (χ4v) is 17.7. The molecule has 9 nitrogen and oxygen atoms in total. The highest BCUT2D eigenvalue weighted by Gasteiger charge is 2.72. The molecule has 67 heavy (non-hydrogen) atoms. The Morgan fingerprint density at radius 1 is 0.746 bits per heavy atom. The second-order valence-electron chi connectivity index (χ2n) is 25.9. The number of benzene rings is 1. The molecule has 2 unspecified atom stereocenters. The minimum Gasteiger partial charge on any atom is -0.462 e. The Kier molecular flexibility index (Phi) is 12.8. The number of nitrogens with one attached hydrogen (secondary N) is 1. The highest BCUT2D eigenvalue weighted by atomic mass is 16.5. The van der Waals surface area contributed by atoms with Crippen molar-refractivity contribution in [1.29, 1.82) is 0 Å². The second kappa shape index (κ2) is 17.6. The van der Waals surface area contributed by atoms with Crippen molar-refractivity contribution in [2.75, 3.05) is 32.7 Å². The van der Waals surface area contributed by atoms with E-state index in [1.165, 1.54) is 24.8 Å². The summed E-state index contributed by atoms with van der Waals surface area (Å²) < 4.78 is 12.2. The SMILES string of the molecule is C=C(C)CC1CC[C@]2(C(=O)N[C@H]3C[C@@H](C(=O)N4CCN(CC)CC4)C3(C)C)CC[C@]3(C)[C@H](CC[C@@H]4[C@@]5(C)CC[C@H](OC(=O)[C@H]6C[C@@H](C(=O)OCc7ccccc7)C6(C)C)[C@H](C)[C@@H]5CC[C@]43C)C12. The lowest BCUT2D eigenvalue weighted by Crippen LogP contribution is -2.68. The number of ether oxygens (including phenoxy) is 2. The number of hydrogen-bond acceptors (Lipinski definition) is 7. The van der Waals surface area contributed by atoms with Crippen LogP contribution in [0.5, 0.6) is 0 Å². The van der Waals surface area contributed by atoms with Crippen LogP contribution in [0.1, 0.15) is 158 Å². The molecular weight excluding hydrogens is 835 g/mol. The molecule has 9 rings (SSSR count). The Morgan fingerprint density at radius 2 is 1.45 bits per heavy atom. The van der Waals surface area contributed by atoms with Gasteiger partial charge in [-0.25, -0.2) is 0 Å². The van der Waals surface area contributed by atoms with E-state index < -0.39 is 5.41 Å². The molecule has 1 aromatic carbocycles. The van der Waals surface area contributed by atoms with Crippen molar-refractivity contribution in [3.8, 4) is 0 Å². The van der Waals surface area contributed by atoms with E-state index in [2.05, 4.69) is 77.1 Å². The Hall–Kier alpha value is -3.20. The molecule has 1 heterocycles. The molecule has 7 aliphatic carbocycles. The lowest BCUT2D eigenvalue weighted by atomic mass is 9.33. The zero-order chi connectivity index (χ0) is 48.1. The van der Waals surface area contributed by atoms with E-state index in [9.17, 15) is 14.4 Å². The van der Waals surface area contributed by atoms with Crippen molar-refractivity contribution in [3.05, 3.63) is 48.0 Å². The lowest BCUT2D eigenvalue weighted by Gasteiger charge is -2.72. The van der Waals surface area contributed by atoms with Crippen molar-refractivity contribution >= 4 is 23.8 Å². The molecule has 0 bridgehead atoms. The molecular formula is C58H87N3O6. The Labute approximate surface area is 404 Å². The van der Waals surface area contributed by atoms with Gasteiger partial charge >= 0.3 is 11.9 Å². The second-order valence-corrected chi connectivity index (χ2v) is 25.9. The van der Waals surface area contributed by atoms with Crippen LogP contribution in [-0.4, -0.2) is 78.4 Å². The number of esters is 2. The van der Waals surface area contributed by atoms with E-state index in [0.29, 0.717) is 36.0 Å². The Morgan fingerprint density at radius 3 is 2.10 bits per heavy atom. The molecule has 1 saturated heterocycles. The summed E-state index contributed by atoms with van der Waals surface area (Å²) in [6.45, 7) is 32.3. The maximum Gasteiger partial charge on any atom is 0.309 e.